The number of amides is 1. The Morgan fingerprint density at radius 1 is 1.48 bits per heavy atom. The number of benzene rings is 1. The summed E-state index contributed by atoms with van der Waals surface area (Å²) < 4.78 is 7.76. The summed E-state index contributed by atoms with van der Waals surface area (Å²) in [6, 6.07) is 7.90. The van der Waals surface area contributed by atoms with Gasteiger partial charge in [-0.05, 0) is 24.5 Å². The molecule has 0 spiro atoms. The van der Waals surface area contributed by atoms with Crippen molar-refractivity contribution in [2.24, 2.45) is 7.05 Å². The van der Waals surface area contributed by atoms with Crippen LogP contribution in [0.4, 0.5) is 0 Å². The molecule has 0 bridgehead atoms. The first-order valence-electron chi connectivity index (χ1n) is 7.11. The summed E-state index contributed by atoms with van der Waals surface area (Å²) in [6.07, 6.45) is 4.82. The molecule has 1 aromatic carbocycles. The number of imidazole rings is 1. The zero-order valence-corrected chi connectivity index (χ0v) is 12.3. The van der Waals surface area contributed by atoms with E-state index >= 15 is 0 Å². The van der Waals surface area contributed by atoms with Crippen molar-refractivity contribution in [1.29, 1.82) is 0 Å². The predicted octanol–water partition coefficient (Wildman–Crippen LogP) is 1.77. The molecule has 21 heavy (non-hydrogen) atoms. The van der Waals surface area contributed by atoms with Crippen molar-refractivity contribution < 1.29 is 9.53 Å². The largest absolute Gasteiger partial charge is 0.480 e. The zero-order chi connectivity index (χ0) is 14.8. The normalized spacial score (nSPS) is 17.0. The number of ether oxygens (including phenoxy) is 1. The second kappa shape index (κ2) is 5.60. The minimum atomic E-state index is -0.398. The van der Waals surface area contributed by atoms with E-state index in [0.717, 1.165) is 24.4 Å². The summed E-state index contributed by atoms with van der Waals surface area (Å²) in [5, 5.41) is 0. The van der Waals surface area contributed by atoms with Crippen LogP contribution in [-0.4, -0.2) is 33.5 Å². The van der Waals surface area contributed by atoms with Gasteiger partial charge in [0.05, 0.1) is 6.54 Å². The number of hydrogen-bond donors (Lipinski definition) is 0. The van der Waals surface area contributed by atoms with Gasteiger partial charge in [-0.3, -0.25) is 4.79 Å². The van der Waals surface area contributed by atoms with Crippen LogP contribution in [0, 0.1) is 0 Å². The van der Waals surface area contributed by atoms with Crippen molar-refractivity contribution in [1.82, 2.24) is 14.5 Å². The number of nitrogens with zero attached hydrogens (tertiary/aromatic N) is 3. The number of likely N-dealkylation sites (N-methyl/N-ethyl adjacent to an activating group) is 1. The summed E-state index contributed by atoms with van der Waals surface area (Å²) in [4.78, 5) is 18.4. The van der Waals surface area contributed by atoms with Crippen molar-refractivity contribution >= 4 is 5.91 Å². The molecule has 1 aromatic heterocycles. The minimum absolute atomic E-state index is 0.00695. The highest BCUT2D eigenvalue weighted by Gasteiger charge is 2.28. The fourth-order valence-electron chi connectivity index (χ4n) is 2.58. The molecule has 5 nitrogen and oxygen atoms in total. The van der Waals surface area contributed by atoms with Crippen LogP contribution in [0.25, 0.3) is 0 Å². The third kappa shape index (κ3) is 2.77. The fraction of sp³-hybridized carbons (Fsp3) is 0.375. The zero-order valence-electron chi connectivity index (χ0n) is 12.3. The van der Waals surface area contributed by atoms with E-state index < -0.39 is 6.10 Å². The maximum absolute atomic E-state index is 12.5. The van der Waals surface area contributed by atoms with Crippen molar-refractivity contribution in [3.63, 3.8) is 0 Å². The van der Waals surface area contributed by atoms with E-state index in [-0.39, 0.29) is 5.91 Å². The maximum atomic E-state index is 12.5. The number of fused-ring (bicyclic) bond motifs is 1. The van der Waals surface area contributed by atoms with E-state index in [0.29, 0.717) is 6.54 Å². The molecule has 1 amide bonds. The van der Waals surface area contributed by atoms with E-state index in [1.54, 1.807) is 18.1 Å². The molecule has 1 aliphatic rings. The summed E-state index contributed by atoms with van der Waals surface area (Å²) in [6.45, 7) is 0.490. The molecular formula is C16H19N3O2. The standard InChI is InChI=1S/C16H19N3O2/c1-18-10-9-17-15(18)11-19(2)16(20)14-8-7-12-5-3-4-6-13(12)21-14/h3-6,9-10,14H,7-8,11H2,1-2H3. The number of rotatable bonds is 3. The van der Waals surface area contributed by atoms with Crippen LogP contribution in [0.2, 0.25) is 0 Å². The number of carbonyl (C=O) groups is 1. The van der Waals surface area contributed by atoms with Gasteiger partial charge in [0.25, 0.3) is 5.91 Å². The topological polar surface area (TPSA) is 47.4 Å². The third-order valence-corrected chi connectivity index (χ3v) is 3.87. The quantitative estimate of drug-likeness (QED) is 0.863. The maximum Gasteiger partial charge on any atom is 0.263 e. The summed E-state index contributed by atoms with van der Waals surface area (Å²) in [5.74, 6) is 1.70. The van der Waals surface area contributed by atoms with Crippen LogP contribution in [0.3, 0.4) is 0 Å². The van der Waals surface area contributed by atoms with Crippen LogP contribution >= 0.6 is 0 Å². The Morgan fingerprint density at radius 3 is 3.05 bits per heavy atom. The first-order valence-corrected chi connectivity index (χ1v) is 7.11. The molecule has 2 aromatic rings. The van der Waals surface area contributed by atoms with Crippen molar-refractivity contribution in [2.75, 3.05) is 7.05 Å². The molecule has 5 heteroatoms. The van der Waals surface area contributed by atoms with Crippen LogP contribution in [-0.2, 0) is 24.8 Å². The average molecular weight is 285 g/mol. The molecule has 1 aliphatic heterocycles. The first kappa shape index (κ1) is 13.7. The van der Waals surface area contributed by atoms with Gasteiger partial charge in [0, 0.05) is 26.5 Å². The van der Waals surface area contributed by atoms with Crippen LogP contribution in [0.1, 0.15) is 17.8 Å². The number of aryl methyl sites for hydroxylation is 2. The summed E-state index contributed by atoms with van der Waals surface area (Å²) in [5.41, 5.74) is 1.17. The predicted molar refractivity (Wildman–Crippen MR) is 78.9 cm³/mol. The van der Waals surface area contributed by atoms with Gasteiger partial charge in [0.1, 0.15) is 11.6 Å². The van der Waals surface area contributed by atoms with Gasteiger partial charge in [0.15, 0.2) is 6.10 Å². The van der Waals surface area contributed by atoms with Gasteiger partial charge in [-0.15, -0.1) is 0 Å². The molecule has 0 saturated carbocycles. The lowest BCUT2D eigenvalue weighted by molar-refractivity contribution is -0.138. The Morgan fingerprint density at radius 2 is 2.29 bits per heavy atom. The summed E-state index contributed by atoms with van der Waals surface area (Å²) >= 11 is 0. The molecule has 0 saturated heterocycles. The monoisotopic (exact) mass is 285 g/mol. The Bertz CT molecular complexity index is 650. The van der Waals surface area contributed by atoms with E-state index in [2.05, 4.69) is 4.98 Å². The molecule has 1 atom stereocenters. The van der Waals surface area contributed by atoms with Gasteiger partial charge in [0.2, 0.25) is 0 Å². The molecule has 3 rings (SSSR count). The van der Waals surface area contributed by atoms with Gasteiger partial charge in [-0.25, -0.2) is 4.98 Å². The highest BCUT2D eigenvalue weighted by atomic mass is 16.5. The molecule has 0 radical (unpaired) electrons. The lowest BCUT2D eigenvalue weighted by Gasteiger charge is -2.28. The first-order chi connectivity index (χ1) is 10.1. The van der Waals surface area contributed by atoms with Crippen molar-refractivity contribution in [3.8, 4) is 5.75 Å². The lowest BCUT2D eigenvalue weighted by atomic mass is 10.0. The molecule has 2 heterocycles. The molecule has 0 fully saturated rings. The summed E-state index contributed by atoms with van der Waals surface area (Å²) in [7, 11) is 3.72. The second-order valence-electron chi connectivity index (χ2n) is 5.40. The van der Waals surface area contributed by atoms with Crippen molar-refractivity contribution in [2.45, 2.75) is 25.5 Å². The van der Waals surface area contributed by atoms with Gasteiger partial charge in [-0.1, -0.05) is 18.2 Å². The molecule has 0 aliphatic carbocycles. The minimum Gasteiger partial charge on any atom is -0.480 e. The SMILES string of the molecule is CN(Cc1nccn1C)C(=O)C1CCc2ccccc2O1. The Balaban J connectivity index is 1.67. The third-order valence-electron chi connectivity index (χ3n) is 3.87. The Kier molecular flexibility index (Phi) is 3.64. The van der Waals surface area contributed by atoms with Gasteiger partial charge < -0.3 is 14.2 Å². The molecule has 110 valence electrons. The Labute approximate surface area is 124 Å². The van der Waals surface area contributed by atoms with Crippen molar-refractivity contribution in [3.05, 3.63) is 48.0 Å². The van der Waals surface area contributed by atoms with Gasteiger partial charge in [-0.2, -0.15) is 0 Å². The smallest absolute Gasteiger partial charge is 0.263 e. The van der Waals surface area contributed by atoms with Gasteiger partial charge >= 0.3 is 0 Å². The highest BCUT2D eigenvalue weighted by Crippen LogP contribution is 2.27. The fourth-order valence-corrected chi connectivity index (χ4v) is 2.58. The molecule has 0 N–H and O–H groups in total. The molecular weight excluding hydrogens is 266 g/mol. The molecule has 1 unspecified atom stereocenters. The number of hydrogen-bond acceptors (Lipinski definition) is 3. The van der Waals surface area contributed by atoms with Crippen LogP contribution < -0.4 is 4.74 Å². The second-order valence-corrected chi connectivity index (χ2v) is 5.40. The average Bonchev–Trinajstić information content (AvgIpc) is 2.91. The lowest BCUT2D eigenvalue weighted by Crippen LogP contribution is -2.41. The van der Waals surface area contributed by atoms with Crippen LogP contribution in [0.5, 0.6) is 5.75 Å². The number of para-hydroxylation sites is 1. The van der Waals surface area contributed by atoms with E-state index in [4.69, 9.17) is 4.74 Å². The highest BCUT2D eigenvalue weighted by molar-refractivity contribution is 5.81. The number of carbonyl (C=O) groups excluding carboxylic acids is 1. The van der Waals surface area contributed by atoms with E-state index in [1.807, 2.05) is 42.1 Å². The van der Waals surface area contributed by atoms with E-state index in [1.165, 1.54) is 5.56 Å². The van der Waals surface area contributed by atoms with E-state index in [9.17, 15) is 4.79 Å². The van der Waals surface area contributed by atoms with Crippen LogP contribution in [0.15, 0.2) is 36.7 Å². The number of aromatic nitrogens is 2. The Hall–Kier alpha value is -2.30.